The van der Waals surface area contributed by atoms with Crippen molar-refractivity contribution in [3.8, 4) is 0 Å². The zero-order valence-electron chi connectivity index (χ0n) is 11.2. The van der Waals surface area contributed by atoms with E-state index in [0.717, 1.165) is 5.56 Å². The van der Waals surface area contributed by atoms with Gasteiger partial charge >= 0.3 is 0 Å². The van der Waals surface area contributed by atoms with Crippen LogP contribution in [0.2, 0.25) is 0 Å². The molecular weight excluding hydrogens is 266 g/mol. The predicted molar refractivity (Wildman–Crippen MR) is 75.9 cm³/mol. The summed E-state index contributed by atoms with van der Waals surface area (Å²) in [4.78, 5) is 0. The third-order valence-electron chi connectivity index (χ3n) is 2.45. The van der Waals surface area contributed by atoms with Gasteiger partial charge in [-0.05, 0) is 24.5 Å². The van der Waals surface area contributed by atoms with E-state index in [0.29, 0.717) is 11.3 Å². The van der Waals surface area contributed by atoms with Gasteiger partial charge in [0.2, 0.25) is 10.0 Å². The number of anilines is 1. The largest absolute Gasteiger partial charge is 0.409 e. The number of rotatable bonds is 5. The Bertz CT molecular complexity index is 580. The Hall–Kier alpha value is -1.76. The number of amidine groups is 1. The SMILES string of the molecule is Cc1cccc(NS(=O)(=O)CC(C)C)c1/C(N)=N/O. The second kappa shape index (κ2) is 5.92. The molecule has 0 aliphatic carbocycles. The van der Waals surface area contributed by atoms with Crippen molar-refractivity contribution in [2.75, 3.05) is 10.5 Å². The molecule has 1 aromatic carbocycles. The maximum atomic E-state index is 11.9. The van der Waals surface area contributed by atoms with Crippen LogP contribution in [0, 0.1) is 12.8 Å². The van der Waals surface area contributed by atoms with Crippen molar-refractivity contribution in [2.24, 2.45) is 16.8 Å². The fourth-order valence-electron chi connectivity index (χ4n) is 1.79. The number of hydrogen-bond donors (Lipinski definition) is 3. The highest BCUT2D eigenvalue weighted by molar-refractivity contribution is 7.92. The highest BCUT2D eigenvalue weighted by atomic mass is 32.2. The van der Waals surface area contributed by atoms with E-state index in [1.807, 2.05) is 13.8 Å². The first kappa shape index (κ1) is 15.3. The van der Waals surface area contributed by atoms with Crippen LogP contribution in [0.25, 0.3) is 0 Å². The van der Waals surface area contributed by atoms with Crippen LogP contribution in [0.3, 0.4) is 0 Å². The molecule has 1 aromatic rings. The van der Waals surface area contributed by atoms with E-state index >= 15 is 0 Å². The summed E-state index contributed by atoms with van der Waals surface area (Å²) < 4.78 is 26.3. The number of sulfonamides is 1. The summed E-state index contributed by atoms with van der Waals surface area (Å²) in [6.07, 6.45) is 0. The second-order valence-corrected chi connectivity index (χ2v) is 6.53. The molecular formula is C12H19N3O3S. The fourth-order valence-corrected chi connectivity index (χ4v) is 3.26. The third-order valence-corrected chi connectivity index (χ3v) is 4.09. The third kappa shape index (κ3) is 4.13. The first-order valence-corrected chi connectivity index (χ1v) is 7.50. The van der Waals surface area contributed by atoms with Gasteiger partial charge in [0.1, 0.15) is 0 Å². The summed E-state index contributed by atoms with van der Waals surface area (Å²) in [7, 11) is -3.46. The van der Waals surface area contributed by atoms with E-state index in [1.165, 1.54) is 0 Å². The smallest absolute Gasteiger partial charge is 0.232 e. The highest BCUT2D eigenvalue weighted by Crippen LogP contribution is 2.21. The van der Waals surface area contributed by atoms with Crippen molar-refractivity contribution in [3.63, 3.8) is 0 Å². The number of hydrogen-bond acceptors (Lipinski definition) is 4. The molecule has 0 saturated carbocycles. The van der Waals surface area contributed by atoms with Crippen LogP contribution in [-0.4, -0.2) is 25.2 Å². The molecule has 0 unspecified atom stereocenters. The Morgan fingerprint density at radius 2 is 2.11 bits per heavy atom. The summed E-state index contributed by atoms with van der Waals surface area (Å²) in [5.41, 5.74) is 7.01. The molecule has 19 heavy (non-hydrogen) atoms. The van der Waals surface area contributed by atoms with Crippen LogP contribution in [0.15, 0.2) is 23.4 Å². The average molecular weight is 285 g/mol. The van der Waals surface area contributed by atoms with Crippen LogP contribution in [-0.2, 0) is 10.0 Å². The van der Waals surface area contributed by atoms with E-state index < -0.39 is 10.0 Å². The highest BCUT2D eigenvalue weighted by Gasteiger charge is 2.17. The Morgan fingerprint density at radius 3 is 2.63 bits per heavy atom. The molecule has 0 saturated heterocycles. The van der Waals surface area contributed by atoms with Gasteiger partial charge in [-0.3, -0.25) is 4.72 Å². The zero-order valence-corrected chi connectivity index (χ0v) is 12.0. The first-order chi connectivity index (χ1) is 8.76. The van der Waals surface area contributed by atoms with Gasteiger partial charge in [0.25, 0.3) is 0 Å². The second-order valence-electron chi connectivity index (χ2n) is 4.76. The van der Waals surface area contributed by atoms with Gasteiger partial charge in [0.05, 0.1) is 11.4 Å². The first-order valence-electron chi connectivity index (χ1n) is 5.85. The Labute approximate surface area is 113 Å². The Morgan fingerprint density at radius 1 is 1.47 bits per heavy atom. The van der Waals surface area contributed by atoms with Crippen molar-refractivity contribution in [3.05, 3.63) is 29.3 Å². The quantitative estimate of drug-likeness (QED) is 0.330. The van der Waals surface area contributed by atoms with Gasteiger partial charge in [-0.2, -0.15) is 0 Å². The monoisotopic (exact) mass is 285 g/mol. The van der Waals surface area contributed by atoms with Crippen LogP contribution < -0.4 is 10.5 Å². The van der Waals surface area contributed by atoms with Crippen molar-refractivity contribution in [1.29, 1.82) is 0 Å². The zero-order chi connectivity index (χ0) is 14.6. The van der Waals surface area contributed by atoms with E-state index in [9.17, 15) is 8.42 Å². The minimum atomic E-state index is -3.46. The number of nitrogens with zero attached hydrogens (tertiary/aromatic N) is 1. The lowest BCUT2D eigenvalue weighted by atomic mass is 10.1. The van der Waals surface area contributed by atoms with Crippen LogP contribution >= 0.6 is 0 Å². The molecule has 0 amide bonds. The van der Waals surface area contributed by atoms with Crippen LogP contribution in [0.1, 0.15) is 25.0 Å². The molecule has 0 heterocycles. The average Bonchev–Trinajstić information content (AvgIpc) is 2.25. The van der Waals surface area contributed by atoms with E-state index in [1.54, 1.807) is 25.1 Å². The molecule has 0 aliphatic heterocycles. The number of nitrogens with one attached hydrogen (secondary N) is 1. The standard InChI is InChI=1S/C12H19N3O3S/c1-8(2)7-19(17,18)15-10-6-4-5-9(3)11(10)12(13)14-16/h4-6,8,15-16H,7H2,1-3H3,(H2,13,14). The predicted octanol–water partition coefficient (Wildman–Crippen LogP) is 1.49. The van der Waals surface area contributed by atoms with Crippen molar-refractivity contribution in [1.82, 2.24) is 0 Å². The van der Waals surface area contributed by atoms with Gasteiger partial charge < -0.3 is 10.9 Å². The number of benzene rings is 1. The number of aryl methyl sites for hydroxylation is 1. The lowest BCUT2D eigenvalue weighted by Crippen LogP contribution is -2.23. The molecule has 0 aliphatic rings. The summed E-state index contributed by atoms with van der Waals surface area (Å²) in [6, 6.07) is 5.04. The maximum Gasteiger partial charge on any atom is 0.232 e. The number of nitrogens with two attached hydrogens (primary N) is 1. The normalized spacial score (nSPS) is 12.7. The van der Waals surface area contributed by atoms with Crippen LogP contribution in [0.4, 0.5) is 5.69 Å². The van der Waals surface area contributed by atoms with E-state index in [2.05, 4.69) is 9.88 Å². The van der Waals surface area contributed by atoms with Gasteiger partial charge in [-0.15, -0.1) is 0 Å². The number of oxime groups is 1. The lowest BCUT2D eigenvalue weighted by Gasteiger charge is -2.14. The van der Waals surface area contributed by atoms with Gasteiger partial charge in [0.15, 0.2) is 5.84 Å². The summed E-state index contributed by atoms with van der Waals surface area (Å²) in [6.45, 7) is 5.40. The van der Waals surface area contributed by atoms with Gasteiger partial charge in [-0.25, -0.2) is 8.42 Å². The molecule has 0 aromatic heterocycles. The van der Waals surface area contributed by atoms with E-state index in [-0.39, 0.29) is 17.5 Å². The van der Waals surface area contributed by atoms with Crippen LogP contribution in [0.5, 0.6) is 0 Å². The van der Waals surface area contributed by atoms with Gasteiger partial charge in [-0.1, -0.05) is 31.1 Å². The molecule has 0 radical (unpaired) electrons. The maximum absolute atomic E-state index is 11.9. The molecule has 7 heteroatoms. The molecule has 4 N–H and O–H groups in total. The molecule has 106 valence electrons. The van der Waals surface area contributed by atoms with E-state index in [4.69, 9.17) is 10.9 Å². The lowest BCUT2D eigenvalue weighted by molar-refractivity contribution is 0.318. The Kier molecular flexibility index (Phi) is 4.77. The molecule has 0 bridgehead atoms. The minimum absolute atomic E-state index is 0.00890. The Balaban J connectivity index is 3.19. The molecule has 1 rings (SSSR count). The van der Waals surface area contributed by atoms with Crippen molar-refractivity contribution < 1.29 is 13.6 Å². The molecule has 0 fully saturated rings. The summed E-state index contributed by atoms with van der Waals surface area (Å²) in [5.74, 6) is -0.105. The minimum Gasteiger partial charge on any atom is -0.409 e. The van der Waals surface area contributed by atoms with Gasteiger partial charge in [0, 0.05) is 5.56 Å². The topological polar surface area (TPSA) is 105 Å². The molecule has 0 atom stereocenters. The van der Waals surface area contributed by atoms with Crippen molar-refractivity contribution >= 4 is 21.5 Å². The van der Waals surface area contributed by atoms with Crippen molar-refractivity contribution in [2.45, 2.75) is 20.8 Å². The fraction of sp³-hybridized carbons (Fsp3) is 0.417. The molecule has 6 nitrogen and oxygen atoms in total. The molecule has 0 spiro atoms. The summed E-state index contributed by atoms with van der Waals surface area (Å²) >= 11 is 0. The summed E-state index contributed by atoms with van der Waals surface area (Å²) in [5, 5.41) is 11.7.